The fourth-order valence-electron chi connectivity index (χ4n) is 2.61. The average Bonchev–Trinajstić information content (AvgIpc) is 2.85. The van der Waals surface area contributed by atoms with Gasteiger partial charge in [0, 0.05) is 42.8 Å². The number of benzene rings is 1. The number of fused-ring (bicyclic) bond motifs is 1. The van der Waals surface area contributed by atoms with E-state index in [2.05, 4.69) is 11.5 Å². The molecule has 2 aromatic rings. The lowest BCUT2D eigenvalue weighted by Crippen LogP contribution is -2.48. The second-order valence-electron chi connectivity index (χ2n) is 5.12. The number of carbonyl (C=O) groups is 1. The van der Waals surface area contributed by atoms with Gasteiger partial charge in [0.05, 0.1) is 5.02 Å². The maximum atomic E-state index is 12.7. The maximum Gasteiger partial charge on any atom is 0.265 e. The van der Waals surface area contributed by atoms with Crippen LogP contribution >= 0.6 is 22.9 Å². The summed E-state index contributed by atoms with van der Waals surface area (Å²) in [5.41, 5.74) is 0. The summed E-state index contributed by atoms with van der Waals surface area (Å²) in [5.74, 6) is 0.0550. The SMILES string of the molecule is C=CCN1CCN(C(=O)c2sc3ccccc3c2Cl)CC1. The Morgan fingerprint density at radius 2 is 2.00 bits per heavy atom. The molecular weight excluding hydrogens is 304 g/mol. The molecule has 0 radical (unpaired) electrons. The Kier molecular flexibility index (Phi) is 4.29. The molecule has 3 nitrogen and oxygen atoms in total. The van der Waals surface area contributed by atoms with Gasteiger partial charge < -0.3 is 4.90 Å². The molecule has 0 unspecified atom stereocenters. The molecule has 0 N–H and O–H groups in total. The van der Waals surface area contributed by atoms with Gasteiger partial charge in [-0.05, 0) is 6.07 Å². The Bertz CT molecular complexity index is 674. The molecule has 1 aliphatic heterocycles. The number of hydrogen-bond acceptors (Lipinski definition) is 3. The Hall–Kier alpha value is -1.36. The van der Waals surface area contributed by atoms with E-state index in [1.807, 2.05) is 35.2 Å². The Morgan fingerprint density at radius 1 is 1.29 bits per heavy atom. The third kappa shape index (κ3) is 2.84. The second kappa shape index (κ2) is 6.18. The van der Waals surface area contributed by atoms with Crippen LogP contribution in [0.15, 0.2) is 36.9 Å². The first kappa shape index (κ1) is 14.6. The number of rotatable bonds is 3. The number of carbonyl (C=O) groups excluding carboxylic acids is 1. The number of thiophene rings is 1. The molecule has 2 heterocycles. The van der Waals surface area contributed by atoms with Crippen molar-refractivity contribution in [1.82, 2.24) is 9.80 Å². The summed E-state index contributed by atoms with van der Waals surface area (Å²) in [5, 5.41) is 1.56. The van der Waals surface area contributed by atoms with Crippen LogP contribution in [0.4, 0.5) is 0 Å². The zero-order valence-corrected chi connectivity index (χ0v) is 13.3. The average molecular weight is 321 g/mol. The van der Waals surface area contributed by atoms with Crippen molar-refractivity contribution < 1.29 is 4.79 Å². The van der Waals surface area contributed by atoms with Gasteiger partial charge >= 0.3 is 0 Å². The van der Waals surface area contributed by atoms with Crippen LogP contribution < -0.4 is 0 Å². The molecule has 5 heteroatoms. The molecule has 1 fully saturated rings. The molecule has 110 valence electrons. The van der Waals surface area contributed by atoms with Crippen LogP contribution in [0, 0.1) is 0 Å². The van der Waals surface area contributed by atoms with Gasteiger partial charge in [0.1, 0.15) is 4.88 Å². The van der Waals surface area contributed by atoms with E-state index < -0.39 is 0 Å². The molecule has 21 heavy (non-hydrogen) atoms. The first-order chi connectivity index (χ1) is 10.2. The molecule has 0 spiro atoms. The minimum absolute atomic E-state index is 0.0550. The van der Waals surface area contributed by atoms with Crippen molar-refractivity contribution in [3.63, 3.8) is 0 Å². The highest BCUT2D eigenvalue weighted by atomic mass is 35.5. The molecule has 1 aromatic heterocycles. The highest BCUT2D eigenvalue weighted by Crippen LogP contribution is 2.35. The van der Waals surface area contributed by atoms with Crippen LogP contribution in [0.25, 0.3) is 10.1 Å². The van der Waals surface area contributed by atoms with Crippen molar-refractivity contribution in [2.75, 3.05) is 32.7 Å². The Morgan fingerprint density at radius 3 is 2.67 bits per heavy atom. The van der Waals surface area contributed by atoms with Gasteiger partial charge in [-0.15, -0.1) is 17.9 Å². The molecule has 3 rings (SSSR count). The van der Waals surface area contributed by atoms with E-state index in [1.165, 1.54) is 11.3 Å². The molecule has 0 atom stereocenters. The summed E-state index contributed by atoms with van der Waals surface area (Å²) in [7, 11) is 0. The van der Waals surface area contributed by atoms with Crippen molar-refractivity contribution >= 4 is 38.9 Å². The Labute approximate surface area is 133 Å². The van der Waals surface area contributed by atoms with Crippen LogP contribution in [0.3, 0.4) is 0 Å². The highest BCUT2D eigenvalue weighted by molar-refractivity contribution is 7.21. The van der Waals surface area contributed by atoms with Gasteiger partial charge in [-0.25, -0.2) is 0 Å². The van der Waals surface area contributed by atoms with E-state index in [1.54, 1.807) is 0 Å². The predicted octanol–water partition coefficient (Wildman–Crippen LogP) is 3.50. The minimum Gasteiger partial charge on any atom is -0.335 e. The summed E-state index contributed by atoms with van der Waals surface area (Å²) in [4.78, 5) is 17.5. The fraction of sp³-hybridized carbons (Fsp3) is 0.312. The van der Waals surface area contributed by atoms with Gasteiger partial charge in [0.2, 0.25) is 0 Å². The number of hydrogen-bond donors (Lipinski definition) is 0. The molecule has 0 bridgehead atoms. The van der Waals surface area contributed by atoms with E-state index >= 15 is 0 Å². The summed E-state index contributed by atoms with van der Waals surface area (Å²) in [6, 6.07) is 7.89. The van der Waals surface area contributed by atoms with E-state index in [0.717, 1.165) is 42.8 Å². The lowest BCUT2D eigenvalue weighted by Gasteiger charge is -2.33. The molecular formula is C16H17ClN2OS. The van der Waals surface area contributed by atoms with Crippen LogP contribution in [0.1, 0.15) is 9.67 Å². The van der Waals surface area contributed by atoms with Crippen LogP contribution in [0.2, 0.25) is 5.02 Å². The maximum absolute atomic E-state index is 12.7. The lowest BCUT2D eigenvalue weighted by atomic mass is 10.2. The summed E-state index contributed by atoms with van der Waals surface area (Å²) < 4.78 is 1.07. The summed E-state index contributed by atoms with van der Waals surface area (Å²) in [6.45, 7) is 7.91. The first-order valence-corrected chi connectivity index (χ1v) is 8.19. The standard InChI is InChI=1S/C16H17ClN2OS/c1-2-7-18-8-10-19(11-9-18)16(20)15-14(17)12-5-3-4-6-13(12)21-15/h2-6H,1,7-11H2. The number of amides is 1. The van der Waals surface area contributed by atoms with E-state index in [0.29, 0.717) is 9.90 Å². The predicted molar refractivity (Wildman–Crippen MR) is 89.4 cm³/mol. The van der Waals surface area contributed by atoms with Crippen molar-refractivity contribution in [1.29, 1.82) is 0 Å². The first-order valence-electron chi connectivity index (χ1n) is 7.00. The third-order valence-corrected chi connectivity index (χ3v) is 5.44. The fourth-order valence-corrected chi connectivity index (χ4v) is 4.09. The second-order valence-corrected chi connectivity index (χ2v) is 6.55. The molecule has 1 amide bonds. The van der Waals surface area contributed by atoms with Crippen LogP contribution in [0.5, 0.6) is 0 Å². The Balaban J connectivity index is 1.78. The lowest BCUT2D eigenvalue weighted by molar-refractivity contribution is 0.0655. The highest BCUT2D eigenvalue weighted by Gasteiger charge is 2.25. The normalized spacial score (nSPS) is 16.3. The third-order valence-electron chi connectivity index (χ3n) is 3.78. The quantitative estimate of drug-likeness (QED) is 0.808. The van der Waals surface area contributed by atoms with Gasteiger partial charge in [-0.1, -0.05) is 35.9 Å². The minimum atomic E-state index is 0.0550. The van der Waals surface area contributed by atoms with Gasteiger partial charge in [-0.2, -0.15) is 0 Å². The van der Waals surface area contributed by atoms with Crippen molar-refractivity contribution in [2.45, 2.75) is 0 Å². The summed E-state index contributed by atoms with van der Waals surface area (Å²) >= 11 is 7.87. The zero-order chi connectivity index (χ0) is 14.8. The van der Waals surface area contributed by atoms with Gasteiger partial charge in [-0.3, -0.25) is 9.69 Å². The molecule has 0 saturated carbocycles. The van der Waals surface area contributed by atoms with Crippen molar-refractivity contribution in [2.24, 2.45) is 0 Å². The van der Waals surface area contributed by atoms with Gasteiger partial charge in [0.25, 0.3) is 5.91 Å². The van der Waals surface area contributed by atoms with Crippen molar-refractivity contribution in [3.8, 4) is 0 Å². The number of halogens is 1. The van der Waals surface area contributed by atoms with Crippen LogP contribution in [-0.4, -0.2) is 48.4 Å². The van der Waals surface area contributed by atoms with E-state index in [9.17, 15) is 4.79 Å². The van der Waals surface area contributed by atoms with E-state index in [4.69, 9.17) is 11.6 Å². The number of nitrogens with zero attached hydrogens (tertiary/aromatic N) is 2. The van der Waals surface area contributed by atoms with Gasteiger partial charge in [0.15, 0.2) is 0 Å². The largest absolute Gasteiger partial charge is 0.335 e. The topological polar surface area (TPSA) is 23.6 Å². The van der Waals surface area contributed by atoms with Crippen LogP contribution in [-0.2, 0) is 0 Å². The molecule has 1 saturated heterocycles. The summed E-state index contributed by atoms with van der Waals surface area (Å²) in [6.07, 6.45) is 1.90. The van der Waals surface area contributed by atoms with Crippen molar-refractivity contribution in [3.05, 3.63) is 46.8 Å². The molecule has 1 aliphatic rings. The van der Waals surface area contributed by atoms with E-state index in [-0.39, 0.29) is 5.91 Å². The zero-order valence-electron chi connectivity index (χ0n) is 11.7. The molecule has 0 aliphatic carbocycles. The smallest absolute Gasteiger partial charge is 0.265 e. The monoisotopic (exact) mass is 320 g/mol. The molecule has 1 aromatic carbocycles. The number of piperazine rings is 1.